The van der Waals surface area contributed by atoms with Crippen LogP contribution in [0.4, 0.5) is 0 Å². The quantitative estimate of drug-likeness (QED) is 0.201. The van der Waals surface area contributed by atoms with Crippen molar-refractivity contribution in [2.75, 3.05) is 6.61 Å². The molecule has 0 aliphatic rings. The lowest BCUT2D eigenvalue weighted by Gasteiger charge is -2.11. The van der Waals surface area contributed by atoms with E-state index in [9.17, 15) is 5.26 Å². The molecule has 37 heavy (non-hydrogen) atoms. The Morgan fingerprint density at radius 3 is 2.59 bits per heavy atom. The van der Waals surface area contributed by atoms with Gasteiger partial charge in [0.25, 0.3) is 0 Å². The molecule has 0 fully saturated rings. The van der Waals surface area contributed by atoms with Crippen molar-refractivity contribution in [3.8, 4) is 28.8 Å². The molecule has 0 atom stereocenters. The van der Waals surface area contributed by atoms with Crippen LogP contribution in [0.25, 0.3) is 38.8 Å². The van der Waals surface area contributed by atoms with Gasteiger partial charge in [-0.3, -0.25) is 0 Å². The lowest BCUT2D eigenvalue weighted by molar-refractivity contribution is 0.288. The number of allylic oxidation sites excluding steroid dienone is 1. The predicted molar refractivity (Wildman–Crippen MR) is 152 cm³/mol. The highest BCUT2D eigenvalue weighted by Crippen LogP contribution is 2.33. The summed E-state index contributed by atoms with van der Waals surface area (Å²) in [7, 11) is 0. The van der Waals surface area contributed by atoms with E-state index in [4.69, 9.17) is 14.8 Å². The van der Waals surface area contributed by atoms with Crippen LogP contribution in [0.2, 0.25) is 0 Å². The third-order valence-corrected chi connectivity index (χ3v) is 7.18. The molecule has 0 saturated heterocycles. The molecule has 5 nitrogen and oxygen atoms in total. The average molecular weight is 505 g/mol. The van der Waals surface area contributed by atoms with Crippen LogP contribution in [0.15, 0.2) is 79.0 Å². The molecule has 3 aromatic carbocycles. The van der Waals surface area contributed by atoms with Crippen LogP contribution in [0, 0.1) is 24.2 Å². The summed E-state index contributed by atoms with van der Waals surface area (Å²) in [5, 5.41) is 15.7. The van der Waals surface area contributed by atoms with Crippen LogP contribution >= 0.6 is 11.3 Å². The first-order valence-electron chi connectivity index (χ1n) is 12.4. The molecule has 2 aromatic heterocycles. The second-order valence-corrected chi connectivity index (χ2v) is 10.4. The Morgan fingerprint density at radius 1 is 1.08 bits per heavy atom. The van der Waals surface area contributed by atoms with E-state index >= 15 is 0 Å². The molecule has 0 aliphatic carbocycles. The molecule has 0 bridgehead atoms. The number of aryl methyl sites for hydroxylation is 1. The highest BCUT2D eigenvalue weighted by atomic mass is 32.1. The number of nitrogens with zero attached hydrogens (tertiary/aromatic N) is 4. The summed E-state index contributed by atoms with van der Waals surface area (Å²) < 4.78 is 8.94. The summed E-state index contributed by atoms with van der Waals surface area (Å²) in [4.78, 5) is 4.70. The molecule has 5 aromatic rings. The van der Waals surface area contributed by atoms with Crippen molar-refractivity contribution < 1.29 is 4.74 Å². The van der Waals surface area contributed by atoms with Gasteiger partial charge in [0.1, 0.15) is 22.5 Å². The van der Waals surface area contributed by atoms with Crippen LogP contribution in [-0.4, -0.2) is 21.4 Å². The fourth-order valence-electron chi connectivity index (χ4n) is 4.08. The van der Waals surface area contributed by atoms with Gasteiger partial charge in [-0.15, -0.1) is 11.3 Å². The number of aromatic nitrogens is 3. The summed E-state index contributed by atoms with van der Waals surface area (Å²) >= 11 is 1.52. The van der Waals surface area contributed by atoms with Gasteiger partial charge in [-0.05, 0) is 73.4 Å². The van der Waals surface area contributed by atoms with Gasteiger partial charge >= 0.3 is 0 Å². The van der Waals surface area contributed by atoms with Crippen molar-refractivity contribution in [3.63, 3.8) is 0 Å². The van der Waals surface area contributed by atoms with E-state index in [0.717, 1.165) is 50.5 Å². The van der Waals surface area contributed by atoms with E-state index in [1.165, 1.54) is 11.3 Å². The summed E-state index contributed by atoms with van der Waals surface area (Å²) in [5.41, 5.74) is 6.04. The number of hydrogen-bond donors (Lipinski definition) is 0. The van der Waals surface area contributed by atoms with Gasteiger partial charge in [0.05, 0.1) is 28.1 Å². The lowest BCUT2D eigenvalue weighted by Crippen LogP contribution is -2.02. The zero-order valence-corrected chi connectivity index (χ0v) is 22.0. The third-order valence-electron chi connectivity index (χ3n) is 6.11. The van der Waals surface area contributed by atoms with Crippen molar-refractivity contribution in [3.05, 3.63) is 95.1 Å². The zero-order chi connectivity index (χ0) is 25.8. The molecular weight excluding hydrogens is 476 g/mol. The molecule has 2 heterocycles. The smallest absolute Gasteiger partial charge is 0.135 e. The zero-order valence-electron chi connectivity index (χ0n) is 21.2. The van der Waals surface area contributed by atoms with Gasteiger partial charge in [-0.25, -0.2) is 9.67 Å². The van der Waals surface area contributed by atoms with Crippen molar-refractivity contribution in [2.45, 2.75) is 27.2 Å². The summed E-state index contributed by atoms with van der Waals surface area (Å²) in [6, 6.07) is 26.4. The highest BCUT2D eigenvalue weighted by molar-refractivity contribution is 7.19. The second kappa shape index (κ2) is 10.8. The van der Waals surface area contributed by atoms with E-state index in [1.54, 1.807) is 0 Å². The maximum Gasteiger partial charge on any atom is 0.135 e. The monoisotopic (exact) mass is 504 g/mol. The first-order chi connectivity index (χ1) is 18.0. The Morgan fingerprint density at radius 2 is 1.86 bits per heavy atom. The summed E-state index contributed by atoms with van der Waals surface area (Å²) in [5.74, 6) is 1.48. The molecule has 0 spiro atoms. The Hall–Kier alpha value is -4.21. The van der Waals surface area contributed by atoms with Gasteiger partial charge < -0.3 is 4.74 Å². The number of hydrogen-bond acceptors (Lipinski definition) is 5. The number of rotatable bonds is 8. The molecule has 5 rings (SSSR count). The van der Waals surface area contributed by atoms with E-state index in [0.29, 0.717) is 23.1 Å². The summed E-state index contributed by atoms with van der Waals surface area (Å²) in [6.45, 7) is 7.14. The number of thiazole rings is 1. The molecule has 6 heteroatoms. The van der Waals surface area contributed by atoms with Crippen LogP contribution in [-0.2, 0) is 0 Å². The minimum atomic E-state index is 0.514. The predicted octanol–water partition coefficient (Wildman–Crippen LogP) is 7.95. The van der Waals surface area contributed by atoms with Crippen molar-refractivity contribution in [1.29, 1.82) is 5.26 Å². The maximum atomic E-state index is 10.1. The van der Waals surface area contributed by atoms with E-state index in [1.807, 2.05) is 83.7 Å². The molecule has 184 valence electrons. The normalized spacial score (nSPS) is 11.7. The minimum absolute atomic E-state index is 0.514. The largest absolute Gasteiger partial charge is 0.493 e. The second-order valence-electron chi connectivity index (χ2n) is 9.38. The third kappa shape index (κ3) is 5.47. The number of nitriles is 1. The van der Waals surface area contributed by atoms with Crippen LogP contribution in [0.5, 0.6) is 5.75 Å². The molecule has 0 unspecified atom stereocenters. The average Bonchev–Trinajstić information content (AvgIpc) is 3.53. The topological polar surface area (TPSA) is 63.7 Å². The lowest BCUT2D eigenvalue weighted by atomic mass is 10.0. The molecule has 0 amide bonds. The Kier molecular flexibility index (Phi) is 7.16. The van der Waals surface area contributed by atoms with Gasteiger partial charge in [-0.1, -0.05) is 44.2 Å². The van der Waals surface area contributed by atoms with Crippen LogP contribution in [0.3, 0.4) is 0 Å². The fraction of sp³-hybridized carbons (Fsp3) is 0.194. The molecule has 0 aliphatic heterocycles. The molecular formula is C31H28N4OS. The number of ether oxygens (including phenoxy) is 1. The van der Waals surface area contributed by atoms with Crippen molar-refractivity contribution in [2.24, 2.45) is 5.92 Å². The Labute approximate surface area is 221 Å². The van der Waals surface area contributed by atoms with Gasteiger partial charge in [0.15, 0.2) is 0 Å². The number of fused-ring (bicyclic) bond motifs is 1. The van der Waals surface area contributed by atoms with E-state index in [2.05, 4.69) is 32.9 Å². The van der Waals surface area contributed by atoms with Gasteiger partial charge in [0.2, 0.25) is 0 Å². The molecule has 0 saturated carbocycles. The number of benzene rings is 3. The Bertz CT molecular complexity index is 1570. The summed E-state index contributed by atoms with van der Waals surface area (Å²) in [6.07, 6.45) is 4.87. The van der Waals surface area contributed by atoms with Gasteiger partial charge in [-0.2, -0.15) is 10.4 Å². The first-order valence-corrected chi connectivity index (χ1v) is 13.2. The van der Waals surface area contributed by atoms with Crippen LogP contribution in [0.1, 0.15) is 36.4 Å². The Balaban J connectivity index is 1.57. The van der Waals surface area contributed by atoms with Gasteiger partial charge in [0, 0.05) is 17.3 Å². The SMILES string of the molecule is Cc1cc(-c2nn(-c3ccccc3)cc2/C=C(/C#N)c2nc3ccccc3s2)ccc1OCCC(C)C. The number of para-hydroxylation sites is 2. The minimum Gasteiger partial charge on any atom is -0.493 e. The van der Waals surface area contributed by atoms with E-state index < -0.39 is 0 Å². The van der Waals surface area contributed by atoms with E-state index in [-0.39, 0.29) is 0 Å². The fourth-order valence-corrected chi connectivity index (χ4v) is 5.01. The van der Waals surface area contributed by atoms with Crippen molar-refractivity contribution in [1.82, 2.24) is 14.8 Å². The standard InChI is InChI=1S/C31H28N4OS/c1-21(2)15-16-36-28-14-13-23(17-22(28)3)30-25(20-35(34-30)26-9-5-4-6-10-26)18-24(19-32)31-33-27-11-7-8-12-29(27)37-31/h4-14,17-18,20-21H,15-16H2,1-3H3/b24-18-. The highest BCUT2D eigenvalue weighted by Gasteiger charge is 2.16. The van der Waals surface area contributed by atoms with Crippen molar-refractivity contribution >= 4 is 33.2 Å². The molecule has 0 radical (unpaired) electrons. The maximum absolute atomic E-state index is 10.1. The van der Waals surface area contributed by atoms with Crippen LogP contribution < -0.4 is 4.74 Å². The first kappa shape index (κ1) is 24.5. The molecule has 0 N–H and O–H groups in total.